The van der Waals surface area contributed by atoms with E-state index < -0.39 is 23.5 Å². The summed E-state index contributed by atoms with van der Waals surface area (Å²) < 4.78 is 9.48. The van der Waals surface area contributed by atoms with Crippen LogP contribution in [0.1, 0.15) is 26.7 Å². The molecule has 1 aliphatic rings. The summed E-state index contributed by atoms with van der Waals surface area (Å²) >= 11 is 0. The molecule has 15 heavy (non-hydrogen) atoms. The van der Waals surface area contributed by atoms with Gasteiger partial charge in [-0.25, -0.2) is 0 Å². The Morgan fingerprint density at radius 2 is 1.60 bits per heavy atom. The molecule has 1 N–H and O–H groups in total. The fourth-order valence-electron chi connectivity index (χ4n) is 1.40. The molecule has 0 aromatic rings. The van der Waals surface area contributed by atoms with Gasteiger partial charge in [-0.05, 0) is 26.7 Å². The van der Waals surface area contributed by atoms with E-state index in [0.29, 0.717) is 12.8 Å². The molecule has 0 radical (unpaired) electrons. The molecule has 0 atom stereocenters. The first kappa shape index (κ1) is 12.0. The first-order chi connectivity index (χ1) is 7.05. The highest BCUT2D eigenvalue weighted by atomic mass is 16.6. The van der Waals surface area contributed by atoms with Crippen molar-refractivity contribution in [2.45, 2.75) is 32.3 Å². The number of carbonyl (C=O) groups excluding carboxylic acids is 2. The van der Waals surface area contributed by atoms with Gasteiger partial charge in [0.1, 0.15) is 0 Å². The average molecular weight is 216 g/mol. The lowest BCUT2D eigenvalue weighted by atomic mass is 10.0. The van der Waals surface area contributed by atoms with Crippen molar-refractivity contribution in [2.75, 3.05) is 13.2 Å². The van der Waals surface area contributed by atoms with Crippen molar-refractivity contribution < 1.29 is 24.2 Å². The van der Waals surface area contributed by atoms with Gasteiger partial charge in [0.05, 0.1) is 18.8 Å². The fraction of sp³-hybridized carbons (Fsp3) is 0.800. The highest BCUT2D eigenvalue weighted by molar-refractivity contribution is 5.96. The molecular formula is C10H16O5. The molecule has 0 unspecified atom stereocenters. The van der Waals surface area contributed by atoms with E-state index in [0.717, 1.165) is 0 Å². The largest absolute Gasteiger partial charge is 0.465 e. The summed E-state index contributed by atoms with van der Waals surface area (Å²) in [6, 6.07) is 0. The minimum absolute atomic E-state index is 0.185. The van der Waals surface area contributed by atoms with Crippen LogP contribution in [0.2, 0.25) is 0 Å². The second-order valence-corrected chi connectivity index (χ2v) is 3.54. The Kier molecular flexibility index (Phi) is 3.68. The van der Waals surface area contributed by atoms with Crippen LogP contribution in [0, 0.1) is 5.92 Å². The molecule has 5 nitrogen and oxygen atoms in total. The molecule has 1 saturated carbocycles. The van der Waals surface area contributed by atoms with Crippen LogP contribution in [-0.4, -0.2) is 35.9 Å². The monoisotopic (exact) mass is 216 g/mol. The summed E-state index contributed by atoms with van der Waals surface area (Å²) in [7, 11) is 0. The van der Waals surface area contributed by atoms with Crippen molar-refractivity contribution in [1.82, 2.24) is 0 Å². The Bertz CT molecular complexity index is 239. The Morgan fingerprint density at radius 3 is 1.87 bits per heavy atom. The molecule has 1 fully saturated rings. The molecule has 0 aromatic carbocycles. The van der Waals surface area contributed by atoms with Crippen LogP contribution >= 0.6 is 0 Å². The average Bonchev–Trinajstić information content (AvgIpc) is 2.85. The van der Waals surface area contributed by atoms with Crippen LogP contribution in [-0.2, 0) is 19.1 Å². The third-order valence-corrected chi connectivity index (χ3v) is 2.34. The third kappa shape index (κ3) is 2.68. The van der Waals surface area contributed by atoms with E-state index in [9.17, 15) is 14.7 Å². The maximum atomic E-state index is 11.5. The summed E-state index contributed by atoms with van der Waals surface area (Å²) in [4.78, 5) is 22.9. The normalized spacial score (nSPS) is 17.3. The molecule has 1 rings (SSSR count). The third-order valence-electron chi connectivity index (χ3n) is 2.34. The van der Waals surface area contributed by atoms with Gasteiger partial charge in [-0.15, -0.1) is 0 Å². The highest BCUT2D eigenvalue weighted by Gasteiger charge is 2.56. The molecule has 0 saturated heterocycles. The molecule has 0 heterocycles. The topological polar surface area (TPSA) is 72.8 Å². The second-order valence-electron chi connectivity index (χ2n) is 3.54. The Hall–Kier alpha value is -1.10. The van der Waals surface area contributed by atoms with Gasteiger partial charge in [0.2, 0.25) is 0 Å². The number of carbonyl (C=O) groups is 2. The Balaban J connectivity index is 2.69. The maximum Gasteiger partial charge on any atom is 0.323 e. The van der Waals surface area contributed by atoms with Gasteiger partial charge in [-0.2, -0.15) is 0 Å². The van der Waals surface area contributed by atoms with Crippen LogP contribution < -0.4 is 0 Å². The van der Waals surface area contributed by atoms with Crippen LogP contribution in [0.4, 0.5) is 0 Å². The summed E-state index contributed by atoms with van der Waals surface area (Å²) in [5.74, 6) is -2.58. The van der Waals surface area contributed by atoms with Gasteiger partial charge >= 0.3 is 11.9 Å². The maximum absolute atomic E-state index is 11.5. The van der Waals surface area contributed by atoms with E-state index in [1.54, 1.807) is 13.8 Å². The lowest BCUT2D eigenvalue weighted by molar-refractivity contribution is -0.168. The molecule has 0 bridgehead atoms. The van der Waals surface area contributed by atoms with Gasteiger partial charge in [0.15, 0.2) is 5.92 Å². The van der Waals surface area contributed by atoms with Crippen LogP contribution in [0.5, 0.6) is 0 Å². The van der Waals surface area contributed by atoms with Crippen LogP contribution in [0.3, 0.4) is 0 Å². The Labute approximate surface area is 88.4 Å². The quantitative estimate of drug-likeness (QED) is 0.527. The summed E-state index contributed by atoms with van der Waals surface area (Å²) in [6.07, 6.45) is 0.880. The molecule has 5 heteroatoms. The Morgan fingerprint density at radius 1 is 1.20 bits per heavy atom. The zero-order valence-corrected chi connectivity index (χ0v) is 8.99. The molecule has 1 aliphatic carbocycles. The summed E-state index contributed by atoms with van der Waals surface area (Å²) in [5, 5.41) is 9.78. The number of hydrogen-bond acceptors (Lipinski definition) is 5. The SMILES string of the molecule is CCOC(=O)C(C(=O)OCC)C1(O)CC1. The van der Waals surface area contributed by atoms with E-state index in [-0.39, 0.29) is 13.2 Å². The lowest BCUT2D eigenvalue weighted by Gasteiger charge is -2.18. The molecule has 0 aliphatic heterocycles. The second kappa shape index (κ2) is 4.61. The van der Waals surface area contributed by atoms with E-state index in [2.05, 4.69) is 0 Å². The predicted octanol–water partition coefficient (Wildman–Crippen LogP) is 0.254. The standard InChI is InChI=1S/C10H16O5/c1-3-14-8(11)7(9(12)15-4-2)10(13)5-6-10/h7,13H,3-6H2,1-2H3. The van der Waals surface area contributed by atoms with Gasteiger partial charge in [0, 0.05) is 0 Å². The fourth-order valence-corrected chi connectivity index (χ4v) is 1.40. The van der Waals surface area contributed by atoms with E-state index in [1.165, 1.54) is 0 Å². The summed E-state index contributed by atoms with van der Waals surface area (Å²) in [6.45, 7) is 3.67. The molecule has 0 aromatic heterocycles. The van der Waals surface area contributed by atoms with Gasteiger partial charge in [-0.1, -0.05) is 0 Å². The van der Waals surface area contributed by atoms with E-state index in [1.807, 2.05) is 0 Å². The van der Waals surface area contributed by atoms with Crippen LogP contribution in [0.15, 0.2) is 0 Å². The van der Waals surface area contributed by atoms with Gasteiger partial charge in [0.25, 0.3) is 0 Å². The van der Waals surface area contributed by atoms with E-state index in [4.69, 9.17) is 9.47 Å². The predicted molar refractivity (Wildman–Crippen MR) is 50.9 cm³/mol. The molecule has 0 amide bonds. The molecule has 0 spiro atoms. The van der Waals surface area contributed by atoms with Crippen molar-refractivity contribution in [1.29, 1.82) is 0 Å². The summed E-state index contributed by atoms with van der Waals surface area (Å²) in [5.41, 5.74) is -1.24. The number of esters is 2. The molecular weight excluding hydrogens is 200 g/mol. The zero-order valence-electron chi connectivity index (χ0n) is 8.99. The molecule has 86 valence electrons. The highest BCUT2D eigenvalue weighted by Crippen LogP contribution is 2.43. The van der Waals surface area contributed by atoms with Crippen molar-refractivity contribution >= 4 is 11.9 Å². The number of rotatable bonds is 5. The smallest absolute Gasteiger partial charge is 0.323 e. The van der Waals surface area contributed by atoms with Crippen molar-refractivity contribution in [3.63, 3.8) is 0 Å². The zero-order chi connectivity index (χ0) is 11.5. The van der Waals surface area contributed by atoms with Crippen molar-refractivity contribution in [3.8, 4) is 0 Å². The van der Waals surface area contributed by atoms with Gasteiger partial charge < -0.3 is 14.6 Å². The first-order valence-electron chi connectivity index (χ1n) is 5.10. The van der Waals surface area contributed by atoms with E-state index >= 15 is 0 Å². The van der Waals surface area contributed by atoms with Crippen LogP contribution in [0.25, 0.3) is 0 Å². The van der Waals surface area contributed by atoms with Gasteiger partial charge in [-0.3, -0.25) is 9.59 Å². The number of aliphatic hydroxyl groups is 1. The first-order valence-corrected chi connectivity index (χ1v) is 5.10. The van der Waals surface area contributed by atoms with Crippen molar-refractivity contribution in [3.05, 3.63) is 0 Å². The minimum atomic E-state index is -1.24. The lowest BCUT2D eigenvalue weighted by Crippen LogP contribution is -2.39. The number of ether oxygens (including phenoxy) is 2. The number of hydrogen-bond donors (Lipinski definition) is 1. The minimum Gasteiger partial charge on any atom is -0.465 e. The van der Waals surface area contributed by atoms with Crippen molar-refractivity contribution in [2.24, 2.45) is 5.92 Å².